The summed E-state index contributed by atoms with van der Waals surface area (Å²) in [5.74, 6) is -0.750. The van der Waals surface area contributed by atoms with Gasteiger partial charge in [0.15, 0.2) is 5.82 Å². The van der Waals surface area contributed by atoms with E-state index in [1.807, 2.05) is 10.9 Å². The second-order valence-electron chi connectivity index (χ2n) is 7.94. The predicted octanol–water partition coefficient (Wildman–Crippen LogP) is 3.66. The van der Waals surface area contributed by atoms with Gasteiger partial charge in [-0.2, -0.15) is 5.10 Å². The van der Waals surface area contributed by atoms with Gasteiger partial charge in [-0.05, 0) is 31.9 Å². The Kier molecular flexibility index (Phi) is 7.20. The van der Waals surface area contributed by atoms with Crippen LogP contribution in [0, 0.1) is 5.82 Å². The number of hydrogen-bond donors (Lipinski definition) is 2. The van der Waals surface area contributed by atoms with E-state index in [-0.39, 0.29) is 39.3 Å². The van der Waals surface area contributed by atoms with Crippen molar-refractivity contribution in [3.05, 3.63) is 52.1 Å². The average Bonchev–Trinajstić information content (AvgIpc) is 3.33. The molecule has 1 fully saturated rings. The van der Waals surface area contributed by atoms with Crippen molar-refractivity contribution in [1.29, 1.82) is 0 Å². The summed E-state index contributed by atoms with van der Waals surface area (Å²) in [5, 5.41) is 13.6. The van der Waals surface area contributed by atoms with E-state index in [0.29, 0.717) is 24.3 Å². The zero-order chi connectivity index (χ0) is 24.4. The molecule has 1 saturated heterocycles. The minimum Gasteiger partial charge on any atom is -0.467 e. The molecule has 12 heteroatoms. The quantitative estimate of drug-likeness (QED) is 0.487. The van der Waals surface area contributed by atoms with Crippen molar-refractivity contribution in [2.45, 2.75) is 31.9 Å². The summed E-state index contributed by atoms with van der Waals surface area (Å²) in [5.41, 5.74) is 7.45. The van der Waals surface area contributed by atoms with Crippen LogP contribution in [0.1, 0.15) is 37.5 Å². The fourth-order valence-electron chi connectivity index (χ4n) is 3.90. The molecule has 0 radical (unpaired) electrons. The number of carbonyl (C=O) groups is 1. The van der Waals surface area contributed by atoms with E-state index in [0.717, 1.165) is 12.8 Å². The Morgan fingerprint density at radius 1 is 1.32 bits per heavy atom. The molecule has 3 N–H and O–H groups in total. The van der Waals surface area contributed by atoms with Gasteiger partial charge in [0.2, 0.25) is 5.91 Å². The molecule has 0 bridgehead atoms. The summed E-state index contributed by atoms with van der Waals surface area (Å²) in [4.78, 5) is 22.0. The maximum atomic E-state index is 13.9. The molecule has 0 spiro atoms. The lowest BCUT2D eigenvalue weighted by Crippen LogP contribution is -2.40. The number of aromatic nitrogens is 4. The van der Waals surface area contributed by atoms with Gasteiger partial charge in [0, 0.05) is 35.4 Å². The lowest BCUT2D eigenvalue weighted by Gasteiger charge is -2.31. The molecule has 1 aromatic carbocycles. The number of hydrogen-bond acceptors (Lipinski definition) is 7. The van der Waals surface area contributed by atoms with Gasteiger partial charge in [0.1, 0.15) is 18.5 Å². The number of aliphatic hydroxyl groups excluding tert-OH is 1. The van der Waals surface area contributed by atoms with Gasteiger partial charge in [-0.25, -0.2) is 14.4 Å². The van der Waals surface area contributed by atoms with Crippen LogP contribution in [0.2, 0.25) is 10.0 Å². The number of benzene rings is 1. The van der Waals surface area contributed by atoms with E-state index in [1.54, 1.807) is 18.0 Å². The molecule has 0 aliphatic carbocycles. The van der Waals surface area contributed by atoms with Crippen molar-refractivity contribution in [2.24, 2.45) is 0 Å². The molecule has 1 aliphatic rings. The SMILES string of the molecule is CC(Oc1nc(-c2cnn(C3CCN(C(=O)CO)CC3)c2)cnc1N)c1c(Cl)ccc(F)c1Cl. The van der Waals surface area contributed by atoms with Crippen molar-refractivity contribution in [3.8, 4) is 17.1 Å². The van der Waals surface area contributed by atoms with E-state index >= 15 is 0 Å². The Morgan fingerprint density at radius 3 is 2.76 bits per heavy atom. The standard InChI is InChI=1S/C22H23Cl2FN6O3/c1-12(19-15(23)2-3-16(25)20(19)24)34-22-21(26)27-9-17(29-22)13-8-28-31(10-13)14-4-6-30(7-5-14)18(33)11-32/h2-3,8-10,12,14,32H,4-7,11H2,1H3,(H2,26,27). The normalized spacial score (nSPS) is 15.4. The van der Waals surface area contributed by atoms with Crippen LogP contribution in [0.25, 0.3) is 11.3 Å². The number of ether oxygens (including phenoxy) is 1. The maximum absolute atomic E-state index is 13.9. The third-order valence-electron chi connectivity index (χ3n) is 5.77. The van der Waals surface area contributed by atoms with E-state index < -0.39 is 18.5 Å². The summed E-state index contributed by atoms with van der Waals surface area (Å²) in [6.45, 7) is 2.29. The van der Waals surface area contributed by atoms with Crippen LogP contribution in [0.15, 0.2) is 30.7 Å². The highest BCUT2D eigenvalue weighted by molar-refractivity contribution is 6.36. The Bertz CT molecular complexity index is 1200. The molecule has 1 amide bonds. The number of aliphatic hydroxyl groups is 1. The minimum atomic E-state index is -0.739. The molecular formula is C22H23Cl2FN6O3. The van der Waals surface area contributed by atoms with Crippen molar-refractivity contribution in [2.75, 3.05) is 25.4 Å². The number of rotatable bonds is 6. The zero-order valence-corrected chi connectivity index (χ0v) is 19.8. The zero-order valence-electron chi connectivity index (χ0n) is 18.3. The summed E-state index contributed by atoms with van der Waals surface area (Å²) in [6, 6.07) is 2.70. The van der Waals surface area contributed by atoms with E-state index in [9.17, 15) is 9.18 Å². The number of halogens is 3. The Morgan fingerprint density at radius 2 is 2.06 bits per heavy atom. The molecule has 1 atom stereocenters. The third kappa shape index (κ3) is 4.94. The molecule has 2 aromatic heterocycles. The van der Waals surface area contributed by atoms with Gasteiger partial charge in [-0.15, -0.1) is 0 Å². The number of carbonyl (C=O) groups excluding carboxylic acids is 1. The van der Waals surface area contributed by atoms with Crippen LogP contribution >= 0.6 is 23.2 Å². The van der Waals surface area contributed by atoms with Crippen molar-refractivity contribution < 1.29 is 19.0 Å². The number of nitrogen functional groups attached to an aromatic ring is 1. The average molecular weight is 509 g/mol. The number of piperidine rings is 1. The van der Waals surface area contributed by atoms with Crippen LogP contribution < -0.4 is 10.5 Å². The number of nitrogens with two attached hydrogens (primary N) is 1. The number of nitrogens with zero attached hydrogens (tertiary/aromatic N) is 5. The van der Waals surface area contributed by atoms with Crippen LogP contribution in [0.5, 0.6) is 5.88 Å². The highest BCUT2D eigenvalue weighted by atomic mass is 35.5. The lowest BCUT2D eigenvalue weighted by atomic mass is 10.1. The number of anilines is 1. The molecule has 9 nitrogen and oxygen atoms in total. The Hall–Kier alpha value is -2.95. The fraction of sp³-hybridized carbons (Fsp3) is 0.364. The molecule has 1 unspecified atom stereocenters. The van der Waals surface area contributed by atoms with Gasteiger partial charge >= 0.3 is 0 Å². The summed E-state index contributed by atoms with van der Waals surface area (Å²) < 4.78 is 21.6. The van der Waals surface area contributed by atoms with Crippen molar-refractivity contribution in [3.63, 3.8) is 0 Å². The van der Waals surface area contributed by atoms with Crippen LogP contribution in [-0.2, 0) is 4.79 Å². The first-order chi connectivity index (χ1) is 16.3. The summed E-state index contributed by atoms with van der Waals surface area (Å²) in [6.07, 6.45) is 5.74. The van der Waals surface area contributed by atoms with Crippen LogP contribution in [-0.4, -0.2) is 55.4 Å². The third-order valence-corrected chi connectivity index (χ3v) is 6.48. The first-order valence-electron chi connectivity index (χ1n) is 10.6. The topological polar surface area (TPSA) is 119 Å². The van der Waals surface area contributed by atoms with E-state index in [4.69, 9.17) is 38.8 Å². The highest BCUT2D eigenvalue weighted by Crippen LogP contribution is 2.36. The molecule has 1 aliphatic heterocycles. The number of likely N-dealkylation sites (tertiary alicyclic amines) is 1. The minimum absolute atomic E-state index is 0.0602. The van der Waals surface area contributed by atoms with Crippen LogP contribution in [0.4, 0.5) is 10.2 Å². The molecule has 34 heavy (non-hydrogen) atoms. The van der Waals surface area contributed by atoms with Gasteiger partial charge < -0.3 is 20.5 Å². The molecule has 0 saturated carbocycles. The summed E-state index contributed by atoms with van der Waals surface area (Å²) in [7, 11) is 0. The van der Waals surface area contributed by atoms with Crippen molar-refractivity contribution in [1.82, 2.24) is 24.6 Å². The highest BCUT2D eigenvalue weighted by Gasteiger charge is 2.25. The second-order valence-corrected chi connectivity index (χ2v) is 8.73. The molecule has 180 valence electrons. The van der Waals surface area contributed by atoms with Crippen LogP contribution in [0.3, 0.4) is 0 Å². The molecular weight excluding hydrogens is 486 g/mol. The summed E-state index contributed by atoms with van der Waals surface area (Å²) >= 11 is 12.3. The smallest absolute Gasteiger partial charge is 0.258 e. The lowest BCUT2D eigenvalue weighted by molar-refractivity contribution is -0.135. The first kappa shape index (κ1) is 24.2. The molecule has 4 rings (SSSR count). The van der Waals surface area contributed by atoms with E-state index in [2.05, 4.69) is 15.1 Å². The Balaban J connectivity index is 1.51. The Labute approximate surface area is 205 Å². The van der Waals surface area contributed by atoms with Gasteiger partial charge in [0.25, 0.3) is 5.88 Å². The fourth-order valence-corrected chi connectivity index (χ4v) is 4.58. The van der Waals surface area contributed by atoms with E-state index in [1.165, 1.54) is 18.3 Å². The predicted molar refractivity (Wildman–Crippen MR) is 125 cm³/mol. The van der Waals surface area contributed by atoms with Gasteiger partial charge in [-0.1, -0.05) is 23.2 Å². The largest absolute Gasteiger partial charge is 0.467 e. The number of amides is 1. The van der Waals surface area contributed by atoms with Crippen molar-refractivity contribution >= 4 is 34.9 Å². The van der Waals surface area contributed by atoms with Gasteiger partial charge in [-0.3, -0.25) is 9.48 Å². The monoisotopic (exact) mass is 508 g/mol. The molecule has 3 aromatic rings. The van der Waals surface area contributed by atoms with Gasteiger partial charge in [0.05, 0.1) is 29.2 Å². The second kappa shape index (κ2) is 10.1. The molecule has 3 heterocycles. The first-order valence-corrected chi connectivity index (χ1v) is 11.4. The maximum Gasteiger partial charge on any atom is 0.258 e.